The Morgan fingerprint density at radius 3 is 2.55 bits per heavy atom. The van der Waals surface area contributed by atoms with Gasteiger partial charge in [-0.15, -0.1) is 0 Å². The van der Waals surface area contributed by atoms with Crippen molar-refractivity contribution in [3.05, 3.63) is 47.9 Å². The van der Waals surface area contributed by atoms with Gasteiger partial charge in [-0.2, -0.15) is 0 Å². The van der Waals surface area contributed by atoms with Crippen molar-refractivity contribution >= 4 is 9.84 Å². The molecular formula is C14H17NO4S. The topological polar surface area (TPSA) is 68.5 Å². The van der Waals surface area contributed by atoms with E-state index in [2.05, 4.69) is 5.32 Å². The first kappa shape index (κ1) is 14.6. The molecule has 0 fully saturated rings. The molecule has 1 aromatic heterocycles. The minimum atomic E-state index is -3.17. The quantitative estimate of drug-likeness (QED) is 0.882. The fourth-order valence-corrected chi connectivity index (χ4v) is 2.37. The molecule has 1 N–H and O–H groups in total. The summed E-state index contributed by atoms with van der Waals surface area (Å²) < 4.78 is 33.6. The lowest BCUT2D eigenvalue weighted by molar-refractivity contribution is 0.270. The van der Waals surface area contributed by atoms with Crippen LogP contribution >= 0.6 is 0 Å². The van der Waals surface area contributed by atoms with Crippen molar-refractivity contribution < 1.29 is 17.6 Å². The van der Waals surface area contributed by atoms with E-state index >= 15 is 0 Å². The number of rotatable bonds is 6. The lowest BCUT2D eigenvalue weighted by atomic mass is 10.3. The van der Waals surface area contributed by atoms with Crippen LogP contribution in [0.15, 0.2) is 45.9 Å². The Hall–Kier alpha value is -1.79. The van der Waals surface area contributed by atoms with Gasteiger partial charge in [0.25, 0.3) is 0 Å². The zero-order valence-electron chi connectivity index (χ0n) is 11.4. The number of furan rings is 1. The molecule has 2 aromatic rings. The molecule has 0 atom stereocenters. The number of benzene rings is 1. The molecule has 6 heteroatoms. The van der Waals surface area contributed by atoms with Crippen LogP contribution in [-0.4, -0.2) is 21.7 Å². The van der Waals surface area contributed by atoms with Gasteiger partial charge in [0, 0.05) is 18.4 Å². The molecular weight excluding hydrogens is 278 g/mol. The zero-order chi connectivity index (χ0) is 14.6. The Kier molecular flexibility index (Phi) is 4.46. The fraction of sp³-hybridized carbons (Fsp3) is 0.286. The number of hydrogen-bond donors (Lipinski definition) is 1. The molecule has 0 aliphatic rings. The molecule has 0 bridgehead atoms. The van der Waals surface area contributed by atoms with Gasteiger partial charge in [-0.25, -0.2) is 8.42 Å². The van der Waals surface area contributed by atoms with Crippen molar-refractivity contribution in [1.29, 1.82) is 0 Å². The van der Waals surface area contributed by atoms with E-state index in [0.29, 0.717) is 12.4 Å². The average molecular weight is 295 g/mol. The normalized spacial score (nSPS) is 11.5. The maximum atomic E-state index is 11.3. The van der Waals surface area contributed by atoms with E-state index in [4.69, 9.17) is 9.15 Å². The van der Waals surface area contributed by atoms with Crippen molar-refractivity contribution in [2.24, 2.45) is 0 Å². The van der Waals surface area contributed by atoms with Crippen molar-refractivity contribution in [1.82, 2.24) is 5.32 Å². The Bertz CT molecular complexity index is 659. The molecule has 108 valence electrons. The minimum Gasteiger partial charge on any atom is -0.486 e. The molecule has 0 spiro atoms. The Morgan fingerprint density at radius 2 is 1.95 bits per heavy atom. The van der Waals surface area contributed by atoms with Crippen LogP contribution in [0, 0.1) is 0 Å². The maximum absolute atomic E-state index is 11.3. The summed E-state index contributed by atoms with van der Waals surface area (Å²) in [6.45, 7) is 1.05. The number of sulfone groups is 1. The standard InChI is InChI=1S/C14H17NO4S/c1-15-8-11-7-13(18-9-11)10-19-12-3-5-14(6-4-12)20(2,16)17/h3-7,9,15H,8,10H2,1-2H3. The van der Waals surface area contributed by atoms with E-state index in [1.807, 2.05) is 13.1 Å². The monoisotopic (exact) mass is 295 g/mol. The molecule has 0 radical (unpaired) electrons. The van der Waals surface area contributed by atoms with Crippen LogP contribution in [0.3, 0.4) is 0 Å². The molecule has 0 aliphatic heterocycles. The van der Waals surface area contributed by atoms with E-state index in [0.717, 1.165) is 17.9 Å². The number of nitrogens with one attached hydrogen (secondary N) is 1. The molecule has 0 aliphatic carbocycles. The molecule has 0 saturated heterocycles. The summed E-state index contributed by atoms with van der Waals surface area (Å²) in [6.07, 6.45) is 2.86. The van der Waals surface area contributed by atoms with Gasteiger partial charge in [-0.1, -0.05) is 0 Å². The molecule has 20 heavy (non-hydrogen) atoms. The van der Waals surface area contributed by atoms with Gasteiger partial charge in [0.2, 0.25) is 0 Å². The first-order valence-corrected chi connectivity index (χ1v) is 8.02. The first-order chi connectivity index (χ1) is 9.49. The summed E-state index contributed by atoms with van der Waals surface area (Å²) in [4.78, 5) is 0.277. The summed E-state index contributed by atoms with van der Waals surface area (Å²) in [5.74, 6) is 1.33. The highest BCUT2D eigenvalue weighted by Gasteiger charge is 2.07. The van der Waals surface area contributed by atoms with Crippen LogP contribution in [0.5, 0.6) is 5.75 Å². The third-order valence-electron chi connectivity index (χ3n) is 2.72. The third kappa shape index (κ3) is 3.85. The third-order valence-corrected chi connectivity index (χ3v) is 3.85. The predicted octanol–water partition coefficient (Wildman–Crippen LogP) is 1.98. The van der Waals surface area contributed by atoms with Crippen molar-refractivity contribution in [2.75, 3.05) is 13.3 Å². The van der Waals surface area contributed by atoms with Gasteiger partial charge >= 0.3 is 0 Å². The predicted molar refractivity (Wildman–Crippen MR) is 75.4 cm³/mol. The molecule has 2 rings (SSSR count). The van der Waals surface area contributed by atoms with Crippen LogP contribution < -0.4 is 10.1 Å². The van der Waals surface area contributed by atoms with Crippen LogP contribution in [-0.2, 0) is 23.0 Å². The smallest absolute Gasteiger partial charge is 0.175 e. The van der Waals surface area contributed by atoms with Gasteiger partial charge in [0.15, 0.2) is 9.84 Å². The Balaban J connectivity index is 1.96. The molecule has 5 nitrogen and oxygen atoms in total. The summed E-state index contributed by atoms with van der Waals surface area (Å²) in [5.41, 5.74) is 1.05. The van der Waals surface area contributed by atoms with E-state index in [1.165, 1.54) is 18.4 Å². The van der Waals surface area contributed by atoms with Crippen LogP contribution in [0.25, 0.3) is 0 Å². The molecule has 0 amide bonds. The maximum Gasteiger partial charge on any atom is 0.175 e. The van der Waals surface area contributed by atoms with Crippen molar-refractivity contribution in [3.8, 4) is 5.75 Å². The molecule has 0 saturated carbocycles. The highest BCUT2D eigenvalue weighted by molar-refractivity contribution is 7.90. The highest BCUT2D eigenvalue weighted by atomic mass is 32.2. The number of hydrogen-bond acceptors (Lipinski definition) is 5. The van der Waals surface area contributed by atoms with E-state index in [-0.39, 0.29) is 4.90 Å². The second-order valence-electron chi connectivity index (χ2n) is 4.48. The van der Waals surface area contributed by atoms with Gasteiger partial charge in [-0.3, -0.25) is 0 Å². The SMILES string of the molecule is CNCc1coc(COc2ccc(S(C)(=O)=O)cc2)c1. The van der Waals surface area contributed by atoms with E-state index < -0.39 is 9.84 Å². The minimum absolute atomic E-state index is 0.277. The summed E-state index contributed by atoms with van der Waals surface area (Å²) in [6, 6.07) is 8.24. The van der Waals surface area contributed by atoms with E-state index in [1.54, 1.807) is 18.4 Å². The van der Waals surface area contributed by atoms with Crippen molar-refractivity contribution in [2.45, 2.75) is 18.0 Å². The lowest BCUT2D eigenvalue weighted by Crippen LogP contribution is -2.03. The van der Waals surface area contributed by atoms with Crippen LogP contribution in [0.2, 0.25) is 0 Å². The largest absolute Gasteiger partial charge is 0.486 e. The lowest BCUT2D eigenvalue weighted by Gasteiger charge is -2.04. The molecule has 1 heterocycles. The Labute approximate surface area is 118 Å². The number of ether oxygens (including phenoxy) is 1. The summed E-state index contributed by atoms with van der Waals surface area (Å²) in [7, 11) is -1.30. The van der Waals surface area contributed by atoms with Crippen LogP contribution in [0.4, 0.5) is 0 Å². The van der Waals surface area contributed by atoms with Gasteiger partial charge in [0.1, 0.15) is 18.1 Å². The van der Waals surface area contributed by atoms with Crippen molar-refractivity contribution in [3.63, 3.8) is 0 Å². The summed E-state index contributed by atoms with van der Waals surface area (Å²) >= 11 is 0. The Morgan fingerprint density at radius 1 is 1.25 bits per heavy atom. The fourth-order valence-electron chi connectivity index (χ4n) is 1.74. The second kappa shape index (κ2) is 6.11. The molecule has 1 aromatic carbocycles. The van der Waals surface area contributed by atoms with Crippen LogP contribution in [0.1, 0.15) is 11.3 Å². The van der Waals surface area contributed by atoms with Gasteiger partial charge in [-0.05, 0) is 37.4 Å². The van der Waals surface area contributed by atoms with Gasteiger partial charge < -0.3 is 14.5 Å². The molecule has 0 unspecified atom stereocenters. The first-order valence-electron chi connectivity index (χ1n) is 6.13. The summed E-state index contributed by atoms with van der Waals surface area (Å²) in [5, 5.41) is 3.03. The van der Waals surface area contributed by atoms with Gasteiger partial charge in [0.05, 0.1) is 11.2 Å². The average Bonchev–Trinajstić information content (AvgIpc) is 2.84. The highest BCUT2D eigenvalue weighted by Crippen LogP contribution is 2.17. The zero-order valence-corrected chi connectivity index (χ0v) is 12.2. The van der Waals surface area contributed by atoms with E-state index in [9.17, 15) is 8.42 Å². The second-order valence-corrected chi connectivity index (χ2v) is 6.50.